The van der Waals surface area contributed by atoms with E-state index in [2.05, 4.69) is 62.2 Å². The summed E-state index contributed by atoms with van der Waals surface area (Å²) in [6.07, 6.45) is 27.0. The SMILES string of the molecule is C=C1/C(=C\C=C2/CCCC3[C@@H](C/C=C/CC4CC4)CC[C@@H]23)C[C@@H](OC(=O)Oc2ccc(CNC(=O)CCCC/C=C/C(C)C)cc2OC)C[C@@H]1O. The molecule has 0 aromatic heterocycles. The summed E-state index contributed by atoms with van der Waals surface area (Å²) in [5, 5.41) is 13.8. The summed E-state index contributed by atoms with van der Waals surface area (Å²) in [6, 6.07) is 5.18. The average molecular weight is 700 g/mol. The minimum atomic E-state index is -0.849. The van der Waals surface area contributed by atoms with Gasteiger partial charge in [0.1, 0.15) is 6.10 Å². The van der Waals surface area contributed by atoms with Gasteiger partial charge in [0, 0.05) is 25.8 Å². The number of carbonyl (C=O) groups excluding carboxylic acids is 2. The van der Waals surface area contributed by atoms with Crippen molar-refractivity contribution in [1.82, 2.24) is 5.32 Å². The van der Waals surface area contributed by atoms with E-state index in [1.54, 1.807) is 18.2 Å². The number of ether oxygens (including phenoxy) is 3. The van der Waals surface area contributed by atoms with E-state index in [1.807, 2.05) is 0 Å². The van der Waals surface area contributed by atoms with Crippen LogP contribution in [0.2, 0.25) is 0 Å². The highest BCUT2D eigenvalue weighted by molar-refractivity contribution is 5.75. The number of aliphatic hydroxyl groups excluding tert-OH is 1. The Morgan fingerprint density at radius 1 is 1.02 bits per heavy atom. The summed E-state index contributed by atoms with van der Waals surface area (Å²) in [6.45, 7) is 8.83. The normalized spacial score (nSPS) is 26.7. The number of methoxy groups -OCH3 is 1. The van der Waals surface area contributed by atoms with Crippen LogP contribution in [0, 0.1) is 29.6 Å². The predicted octanol–water partition coefficient (Wildman–Crippen LogP) is 10.1. The molecular formula is C44H61NO6. The van der Waals surface area contributed by atoms with Crippen molar-refractivity contribution in [2.75, 3.05) is 7.11 Å². The van der Waals surface area contributed by atoms with Crippen molar-refractivity contribution in [2.45, 2.75) is 129 Å². The molecule has 0 aliphatic heterocycles. The van der Waals surface area contributed by atoms with Gasteiger partial charge in [-0.1, -0.05) is 68.5 Å². The Balaban J connectivity index is 1.10. The number of amides is 1. The molecule has 0 bridgehead atoms. The van der Waals surface area contributed by atoms with Gasteiger partial charge in [0.05, 0.1) is 13.2 Å². The number of unbranched alkanes of at least 4 members (excludes halogenated alkanes) is 2. The van der Waals surface area contributed by atoms with E-state index in [9.17, 15) is 14.7 Å². The van der Waals surface area contributed by atoms with Gasteiger partial charge in [0.2, 0.25) is 5.91 Å². The largest absolute Gasteiger partial charge is 0.514 e. The van der Waals surface area contributed by atoms with Crippen molar-refractivity contribution in [2.24, 2.45) is 29.6 Å². The molecule has 0 spiro atoms. The lowest BCUT2D eigenvalue weighted by atomic mass is 9.74. The molecule has 5 atom stereocenters. The highest BCUT2D eigenvalue weighted by atomic mass is 16.7. The van der Waals surface area contributed by atoms with Crippen molar-refractivity contribution < 1.29 is 28.9 Å². The molecule has 51 heavy (non-hydrogen) atoms. The number of hydrogen-bond donors (Lipinski definition) is 2. The van der Waals surface area contributed by atoms with E-state index in [-0.39, 0.29) is 18.1 Å². The topological polar surface area (TPSA) is 94.1 Å². The maximum absolute atomic E-state index is 12.9. The van der Waals surface area contributed by atoms with Gasteiger partial charge in [-0.3, -0.25) is 4.79 Å². The van der Waals surface area contributed by atoms with Crippen molar-refractivity contribution in [3.8, 4) is 11.5 Å². The molecule has 7 nitrogen and oxygen atoms in total. The molecule has 4 aliphatic rings. The lowest BCUT2D eigenvalue weighted by molar-refractivity contribution is -0.121. The second-order valence-corrected chi connectivity index (χ2v) is 15.6. The van der Waals surface area contributed by atoms with Gasteiger partial charge in [-0.25, -0.2) is 4.79 Å². The summed E-state index contributed by atoms with van der Waals surface area (Å²) in [4.78, 5) is 25.3. The van der Waals surface area contributed by atoms with E-state index < -0.39 is 18.4 Å². The molecule has 1 amide bonds. The monoisotopic (exact) mass is 699 g/mol. The molecule has 2 N–H and O–H groups in total. The second kappa shape index (κ2) is 19.3. The summed E-state index contributed by atoms with van der Waals surface area (Å²) >= 11 is 0. The van der Waals surface area contributed by atoms with Crippen molar-refractivity contribution in [1.29, 1.82) is 0 Å². The molecule has 4 fully saturated rings. The highest BCUT2D eigenvalue weighted by Gasteiger charge is 2.39. The molecule has 1 aromatic carbocycles. The Bertz CT molecular complexity index is 1470. The van der Waals surface area contributed by atoms with E-state index in [1.165, 1.54) is 64.0 Å². The fourth-order valence-electron chi connectivity index (χ4n) is 8.09. The number of rotatable bonds is 16. The van der Waals surface area contributed by atoms with Crippen molar-refractivity contribution in [3.63, 3.8) is 0 Å². The Hall–Kier alpha value is -3.58. The van der Waals surface area contributed by atoms with Gasteiger partial charge < -0.3 is 24.6 Å². The molecule has 1 aromatic rings. The number of hydrogen-bond acceptors (Lipinski definition) is 6. The number of nitrogens with one attached hydrogen (secondary N) is 1. The average Bonchev–Trinajstić information content (AvgIpc) is 3.85. The van der Waals surface area contributed by atoms with Crippen LogP contribution in [-0.2, 0) is 16.1 Å². The summed E-state index contributed by atoms with van der Waals surface area (Å²) < 4.78 is 16.8. The lowest BCUT2D eigenvalue weighted by Gasteiger charge is -2.32. The maximum atomic E-state index is 12.9. The molecule has 278 valence electrons. The number of benzene rings is 1. The Morgan fingerprint density at radius 2 is 1.84 bits per heavy atom. The van der Waals surface area contributed by atoms with Crippen LogP contribution in [-0.4, -0.2) is 36.5 Å². The smallest absolute Gasteiger partial charge is 0.493 e. The van der Waals surface area contributed by atoms with Crippen LogP contribution in [0.3, 0.4) is 0 Å². The van der Waals surface area contributed by atoms with Gasteiger partial charge in [0.25, 0.3) is 0 Å². The Morgan fingerprint density at radius 3 is 2.63 bits per heavy atom. The van der Waals surface area contributed by atoms with E-state index in [0.29, 0.717) is 42.5 Å². The van der Waals surface area contributed by atoms with Crippen LogP contribution in [0.15, 0.2) is 78.0 Å². The van der Waals surface area contributed by atoms with Gasteiger partial charge in [-0.15, -0.1) is 0 Å². The van der Waals surface area contributed by atoms with Crippen LogP contribution < -0.4 is 14.8 Å². The van der Waals surface area contributed by atoms with Crippen LogP contribution in [0.5, 0.6) is 11.5 Å². The van der Waals surface area contributed by atoms with Crippen LogP contribution in [0.1, 0.15) is 116 Å². The van der Waals surface area contributed by atoms with Gasteiger partial charge in [0.15, 0.2) is 11.5 Å². The zero-order valence-electron chi connectivity index (χ0n) is 31.2. The highest BCUT2D eigenvalue weighted by Crippen LogP contribution is 2.50. The quantitative estimate of drug-likeness (QED) is 0.0772. The van der Waals surface area contributed by atoms with Gasteiger partial charge in [-0.05, 0) is 135 Å². The molecule has 4 aliphatic carbocycles. The summed E-state index contributed by atoms with van der Waals surface area (Å²) in [5.41, 5.74) is 3.97. The van der Waals surface area contributed by atoms with Crippen LogP contribution >= 0.6 is 0 Å². The van der Waals surface area contributed by atoms with E-state index in [4.69, 9.17) is 14.2 Å². The molecular weight excluding hydrogens is 638 g/mol. The molecule has 7 heteroatoms. The standard InChI is InChI=1S/C44H61NO6/c1-30(2)12-7-5-6-8-17-43(47)45-29-33-20-25-41(42(26-33)49-4)51-44(48)50-37-27-36(31(3)40(46)28-37)22-21-35-15-11-16-38-34(23-24-39(35)38)14-10-9-13-32-18-19-32/h7,9-10,12,20-22,25-26,30,32,34,37-40,46H,3,5-6,8,11,13-19,23-24,27-29H2,1-2,4H3,(H,45,47)/b10-9+,12-7+,35-21+,36-22-/t34-,37+,38?,39-,40-/m0/s1. The van der Waals surface area contributed by atoms with Crippen LogP contribution in [0.4, 0.5) is 4.79 Å². The summed E-state index contributed by atoms with van der Waals surface area (Å²) in [5.74, 6) is 4.30. The third-order valence-corrected chi connectivity index (χ3v) is 11.2. The second-order valence-electron chi connectivity index (χ2n) is 15.6. The molecule has 0 heterocycles. The first-order valence-electron chi connectivity index (χ1n) is 19.6. The maximum Gasteiger partial charge on any atom is 0.514 e. The number of allylic oxidation sites excluding steroid dienone is 7. The fourth-order valence-corrected chi connectivity index (χ4v) is 8.09. The van der Waals surface area contributed by atoms with E-state index in [0.717, 1.165) is 54.6 Å². The first-order chi connectivity index (χ1) is 24.7. The molecule has 1 unspecified atom stereocenters. The molecule has 4 saturated carbocycles. The fraction of sp³-hybridized carbons (Fsp3) is 0.591. The first-order valence-corrected chi connectivity index (χ1v) is 19.6. The zero-order chi connectivity index (χ0) is 36.2. The van der Waals surface area contributed by atoms with Gasteiger partial charge >= 0.3 is 6.16 Å². The Kier molecular flexibility index (Phi) is 14.6. The third-order valence-electron chi connectivity index (χ3n) is 11.2. The minimum Gasteiger partial charge on any atom is -0.493 e. The molecule has 0 saturated heterocycles. The van der Waals surface area contributed by atoms with Crippen molar-refractivity contribution >= 4 is 12.1 Å². The Labute approximate surface area is 306 Å². The molecule has 0 radical (unpaired) electrons. The summed E-state index contributed by atoms with van der Waals surface area (Å²) in [7, 11) is 1.51. The number of fused-ring (bicyclic) bond motifs is 1. The third kappa shape index (κ3) is 12.0. The number of aliphatic hydroxyl groups is 1. The van der Waals surface area contributed by atoms with Gasteiger partial charge in [-0.2, -0.15) is 0 Å². The predicted molar refractivity (Wildman–Crippen MR) is 203 cm³/mol. The lowest BCUT2D eigenvalue weighted by Crippen LogP contribution is -2.32. The van der Waals surface area contributed by atoms with Crippen LogP contribution in [0.25, 0.3) is 0 Å². The number of carbonyl (C=O) groups is 2. The van der Waals surface area contributed by atoms with Crippen molar-refractivity contribution in [3.05, 3.63) is 83.5 Å². The zero-order valence-corrected chi connectivity index (χ0v) is 31.2. The van der Waals surface area contributed by atoms with E-state index >= 15 is 0 Å². The first kappa shape index (κ1) is 38.6. The minimum absolute atomic E-state index is 0.00470. The molecule has 5 rings (SSSR count).